The van der Waals surface area contributed by atoms with E-state index in [4.69, 9.17) is 17.0 Å². The molecule has 0 aliphatic rings. The lowest BCUT2D eigenvalue weighted by molar-refractivity contribution is -0.115. The molecular weight excluding hydrogens is 327 g/mol. The second kappa shape index (κ2) is 8.79. The number of nitrogens with one attached hydrogen (secondary N) is 2. The lowest BCUT2D eigenvalue weighted by atomic mass is 10.2. The van der Waals surface area contributed by atoms with Crippen molar-refractivity contribution < 1.29 is 13.9 Å². The van der Waals surface area contributed by atoms with Gasteiger partial charge in [0.2, 0.25) is 5.91 Å². The normalized spacial score (nSPS) is 10.4. The van der Waals surface area contributed by atoms with Gasteiger partial charge in [0, 0.05) is 11.8 Å². The summed E-state index contributed by atoms with van der Waals surface area (Å²) in [7, 11) is 0. The first-order valence-corrected chi connectivity index (χ1v) is 7.76. The third-order valence-corrected chi connectivity index (χ3v) is 3.16. The third-order valence-electron chi connectivity index (χ3n) is 2.96. The highest BCUT2D eigenvalue weighted by Crippen LogP contribution is 2.15. The minimum Gasteiger partial charge on any atom is -0.494 e. The van der Waals surface area contributed by atoms with Gasteiger partial charge in [-0.05, 0) is 67.2 Å². The lowest BCUT2D eigenvalue weighted by Gasteiger charge is -2.09. The van der Waals surface area contributed by atoms with E-state index >= 15 is 0 Å². The number of rotatable bonds is 5. The minimum atomic E-state index is -0.372. The van der Waals surface area contributed by atoms with E-state index in [0.717, 1.165) is 17.0 Å². The Morgan fingerprint density at radius 2 is 1.83 bits per heavy atom. The average Bonchev–Trinajstić information content (AvgIpc) is 2.56. The molecule has 0 unspecified atom stereocenters. The van der Waals surface area contributed by atoms with Gasteiger partial charge in [-0.3, -0.25) is 10.1 Å². The summed E-state index contributed by atoms with van der Waals surface area (Å²) in [5.41, 5.74) is 1.46. The van der Waals surface area contributed by atoms with Crippen LogP contribution in [0.2, 0.25) is 0 Å². The van der Waals surface area contributed by atoms with E-state index in [1.54, 1.807) is 30.3 Å². The highest BCUT2D eigenvalue weighted by atomic mass is 32.1. The van der Waals surface area contributed by atoms with Crippen molar-refractivity contribution in [2.45, 2.75) is 6.92 Å². The molecule has 24 heavy (non-hydrogen) atoms. The molecule has 0 fully saturated rings. The van der Waals surface area contributed by atoms with Crippen molar-refractivity contribution in [1.29, 1.82) is 0 Å². The van der Waals surface area contributed by atoms with Gasteiger partial charge < -0.3 is 10.1 Å². The van der Waals surface area contributed by atoms with Gasteiger partial charge in [-0.1, -0.05) is 12.1 Å². The van der Waals surface area contributed by atoms with Crippen LogP contribution >= 0.6 is 12.2 Å². The number of halogens is 1. The zero-order chi connectivity index (χ0) is 17.4. The highest BCUT2D eigenvalue weighted by Gasteiger charge is 2.02. The first-order chi connectivity index (χ1) is 11.6. The Hall–Kier alpha value is -2.73. The van der Waals surface area contributed by atoms with Crippen LogP contribution in [0.1, 0.15) is 12.5 Å². The fourth-order valence-electron chi connectivity index (χ4n) is 1.86. The molecule has 0 saturated heterocycles. The molecule has 0 aromatic heterocycles. The van der Waals surface area contributed by atoms with Crippen molar-refractivity contribution in [3.8, 4) is 5.75 Å². The third kappa shape index (κ3) is 5.81. The van der Waals surface area contributed by atoms with Crippen molar-refractivity contribution in [2.75, 3.05) is 11.9 Å². The van der Waals surface area contributed by atoms with Crippen LogP contribution in [0.5, 0.6) is 5.75 Å². The average molecular weight is 344 g/mol. The quantitative estimate of drug-likeness (QED) is 0.641. The van der Waals surface area contributed by atoms with E-state index in [1.807, 2.05) is 19.1 Å². The number of hydrogen-bond donors (Lipinski definition) is 2. The number of amides is 1. The summed E-state index contributed by atoms with van der Waals surface area (Å²) in [5, 5.41) is 5.64. The number of thiocarbonyl (C=S) groups is 1. The maximum Gasteiger partial charge on any atom is 0.250 e. The SMILES string of the molecule is CCOc1ccc(NC(=S)NC(=O)/C=C/c2ccc(F)cc2)cc1. The molecule has 0 atom stereocenters. The van der Waals surface area contributed by atoms with Gasteiger partial charge in [-0.25, -0.2) is 4.39 Å². The second-order valence-corrected chi connectivity index (χ2v) is 5.19. The number of carbonyl (C=O) groups is 1. The van der Waals surface area contributed by atoms with E-state index in [9.17, 15) is 9.18 Å². The molecule has 124 valence electrons. The topological polar surface area (TPSA) is 50.4 Å². The van der Waals surface area contributed by atoms with Crippen molar-refractivity contribution in [3.05, 3.63) is 66.0 Å². The van der Waals surface area contributed by atoms with Crippen molar-refractivity contribution in [2.24, 2.45) is 0 Å². The summed E-state index contributed by atoms with van der Waals surface area (Å²) in [6.07, 6.45) is 2.91. The number of hydrogen-bond acceptors (Lipinski definition) is 3. The molecule has 0 radical (unpaired) electrons. The van der Waals surface area contributed by atoms with Gasteiger partial charge in [0.25, 0.3) is 0 Å². The van der Waals surface area contributed by atoms with Crippen LogP contribution in [0.4, 0.5) is 10.1 Å². The Bertz CT molecular complexity index is 728. The lowest BCUT2D eigenvalue weighted by Crippen LogP contribution is -2.32. The predicted molar refractivity (Wildman–Crippen MR) is 97.4 cm³/mol. The summed E-state index contributed by atoms with van der Waals surface area (Å²) in [4.78, 5) is 11.8. The maximum absolute atomic E-state index is 12.8. The van der Waals surface area contributed by atoms with Crippen molar-refractivity contribution >= 4 is 35.0 Å². The van der Waals surface area contributed by atoms with E-state index in [-0.39, 0.29) is 16.8 Å². The van der Waals surface area contributed by atoms with E-state index in [1.165, 1.54) is 18.2 Å². The molecule has 6 heteroatoms. The Balaban J connectivity index is 1.84. The molecule has 2 N–H and O–H groups in total. The fourth-order valence-corrected chi connectivity index (χ4v) is 2.08. The first-order valence-electron chi connectivity index (χ1n) is 7.35. The summed E-state index contributed by atoms with van der Waals surface area (Å²) in [6, 6.07) is 13.0. The summed E-state index contributed by atoms with van der Waals surface area (Å²) in [5.74, 6) is 0.0698. The molecule has 0 spiro atoms. The van der Waals surface area contributed by atoms with Crippen LogP contribution < -0.4 is 15.4 Å². The largest absolute Gasteiger partial charge is 0.494 e. The van der Waals surface area contributed by atoms with E-state index < -0.39 is 0 Å². The molecule has 2 aromatic carbocycles. The molecular formula is C18H17FN2O2S. The van der Waals surface area contributed by atoms with Crippen LogP contribution in [-0.4, -0.2) is 17.6 Å². The molecule has 0 aliphatic carbocycles. The molecule has 0 bridgehead atoms. The Kier molecular flexibility index (Phi) is 6.45. The van der Waals surface area contributed by atoms with Crippen LogP contribution in [0, 0.1) is 5.82 Å². The van der Waals surface area contributed by atoms with Gasteiger partial charge >= 0.3 is 0 Å². The summed E-state index contributed by atoms with van der Waals surface area (Å²) >= 11 is 5.09. The Morgan fingerprint density at radius 3 is 2.46 bits per heavy atom. The summed E-state index contributed by atoms with van der Waals surface area (Å²) in [6.45, 7) is 2.51. The zero-order valence-electron chi connectivity index (χ0n) is 13.1. The minimum absolute atomic E-state index is 0.188. The maximum atomic E-state index is 12.8. The van der Waals surface area contributed by atoms with Crippen molar-refractivity contribution in [1.82, 2.24) is 5.32 Å². The number of carbonyl (C=O) groups excluding carboxylic acids is 1. The molecule has 0 saturated carbocycles. The molecule has 4 nitrogen and oxygen atoms in total. The van der Waals surface area contributed by atoms with Gasteiger partial charge in [0.15, 0.2) is 5.11 Å². The molecule has 1 amide bonds. The van der Waals surface area contributed by atoms with Crippen LogP contribution in [0.25, 0.3) is 6.08 Å². The molecule has 2 rings (SSSR count). The molecule has 0 aliphatic heterocycles. The second-order valence-electron chi connectivity index (χ2n) is 4.79. The van der Waals surface area contributed by atoms with Crippen LogP contribution in [-0.2, 0) is 4.79 Å². The molecule has 0 heterocycles. The van der Waals surface area contributed by atoms with Crippen molar-refractivity contribution in [3.63, 3.8) is 0 Å². The highest BCUT2D eigenvalue weighted by molar-refractivity contribution is 7.80. The number of ether oxygens (including phenoxy) is 1. The monoisotopic (exact) mass is 344 g/mol. The number of anilines is 1. The zero-order valence-corrected chi connectivity index (χ0v) is 13.9. The first kappa shape index (κ1) is 17.6. The van der Waals surface area contributed by atoms with Gasteiger partial charge in [-0.15, -0.1) is 0 Å². The van der Waals surface area contributed by atoms with Crippen LogP contribution in [0.3, 0.4) is 0 Å². The van der Waals surface area contributed by atoms with Gasteiger partial charge in [0.05, 0.1) is 6.61 Å². The predicted octanol–water partition coefficient (Wildman–Crippen LogP) is 3.75. The van der Waals surface area contributed by atoms with E-state index in [0.29, 0.717) is 6.61 Å². The Morgan fingerprint density at radius 1 is 1.17 bits per heavy atom. The van der Waals surface area contributed by atoms with Crippen LogP contribution in [0.15, 0.2) is 54.6 Å². The number of benzene rings is 2. The van der Waals surface area contributed by atoms with E-state index in [2.05, 4.69) is 10.6 Å². The summed E-state index contributed by atoms with van der Waals surface area (Å²) < 4.78 is 18.1. The van der Waals surface area contributed by atoms with Gasteiger partial charge in [-0.2, -0.15) is 0 Å². The molecule has 2 aromatic rings. The standard InChI is InChI=1S/C18H17FN2O2S/c1-2-23-16-10-8-15(9-11-16)20-18(24)21-17(22)12-5-13-3-6-14(19)7-4-13/h3-12H,2H2,1H3,(H2,20,21,22,24)/b12-5+. The van der Waals surface area contributed by atoms with Gasteiger partial charge in [0.1, 0.15) is 11.6 Å². The smallest absolute Gasteiger partial charge is 0.250 e. The fraction of sp³-hybridized carbons (Fsp3) is 0.111. The Labute approximate surface area is 145 Å².